The topological polar surface area (TPSA) is 66.4 Å². The number of nitrogens with one attached hydrogen (secondary N) is 1. The third kappa shape index (κ3) is 3.38. The van der Waals surface area contributed by atoms with Crippen LogP contribution in [0, 0.1) is 5.82 Å². The van der Waals surface area contributed by atoms with Gasteiger partial charge < -0.3 is 5.11 Å². The van der Waals surface area contributed by atoms with Gasteiger partial charge in [0, 0.05) is 0 Å². The molecule has 0 aromatic heterocycles. The van der Waals surface area contributed by atoms with Gasteiger partial charge in [0.2, 0.25) is 10.0 Å². The molecule has 0 amide bonds. The Kier molecular flexibility index (Phi) is 4.14. The Balaban J connectivity index is 3.19. The Morgan fingerprint density at radius 1 is 1.47 bits per heavy atom. The number of aliphatic hydroxyl groups excluding tert-OH is 1. The molecule has 0 unspecified atom stereocenters. The van der Waals surface area contributed by atoms with Gasteiger partial charge in [-0.15, -0.1) is 0 Å². The lowest BCUT2D eigenvalue weighted by Crippen LogP contribution is -2.46. The van der Waals surface area contributed by atoms with Crippen LogP contribution in [0.15, 0.2) is 23.1 Å². The zero-order chi connectivity index (χ0) is 13.3. The van der Waals surface area contributed by atoms with E-state index in [1.807, 2.05) is 0 Å². The van der Waals surface area contributed by atoms with Crippen molar-refractivity contribution in [2.75, 3.05) is 6.61 Å². The first-order chi connectivity index (χ1) is 7.69. The maximum atomic E-state index is 13.6. The van der Waals surface area contributed by atoms with Gasteiger partial charge in [-0.3, -0.25) is 0 Å². The SMILES string of the molecule is CC(C)(CO)NS(=O)(=O)c1cccc(Cl)c1F. The summed E-state index contributed by atoms with van der Waals surface area (Å²) in [5.41, 5.74) is -1.08. The monoisotopic (exact) mass is 281 g/mol. The van der Waals surface area contributed by atoms with Crippen LogP contribution in [0.1, 0.15) is 13.8 Å². The van der Waals surface area contributed by atoms with Gasteiger partial charge in [0.25, 0.3) is 0 Å². The van der Waals surface area contributed by atoms with Gasteiger partial charge in [0.1, 0.15) is 4.90 Å². The second-order valence-electron chi connectivity index (χ2n) is 4.20. The van der Waals surface area contributed by atoms with E-state index in [1.165, 1.54) is 26.0 Å². The van der Waals surface area contributed by atoms with E-state index >= 15 is 0 Å². The average Bonchev–Trinajstić information content (AvgIpc) is 2.20. The van der Waals surface area contributed by atoms with Crippen LogP contribution < -0.4 is 4.72 Å². The predicted molar refractivity (Wildman–Crippen MR) is 62.9 cm³/mol. The zero-order valence-corrected chi connectivity index (χ0v) is 10.9. The molecule has 0 heterocycles. The van der Waals surface area contributed by atoms with E-state index < -0.39 is 32.9 Å². The maximum absolute atomic E-state index is 13.6. The highest BCUT2D eigenvalue weighted by Crippen LogP contribution is 2.22. The minimum absolute atomic E-state index is 0.269. The molecule has 0 bridgehead atoms. The highest BCUT2D eigenvalue weighted by atomic mass is 35.5. The van der Waals surface area contributed by atoms with Crippen molar-refractivity contribution in [3.8, 4) is 0 Å². The summed E-state index contributed by atoms with van der Waals surface area (Å²) >= 11 is 5.51. The van der Waals surface area contributed by atoms with Crippen molar-refractivity contribution in [3.05, 3.63) is 29.0 Å². The van der Waals surface area contributed by atoms with Crippen molar-refractivity contribution in [2.45, 2.75) is 24.3 Å². The van der Waals surface area contributed by atoms with E-state index in [2.05, 4.69) is 4.72 Å². The molecule has 0 atom stereocenters. The summed E-state index contributed by atoms with van der Waals surface area (Å²) < 4.78 is 39.5. The summed E-state index contributed by atoms with van der Waals surface area (Å²) in [5.74, 6) is -1.00. The fraction of sp³-hybridized carbons (Fsp3) is 0.400. The first-order valence-electron chi connectivity index (χ1n) is 4.78. The fourth-order valence-corrected chi connectivity index (χ4v) is 2.88. The summed E-state index contributed by atoms with van der Waals surface area (Å²) in [4.78, 5) is -0.536. The minimum Gasteiger partial charge on any atom is -0.394 e. The van der Waals surface area contributed by atoms with E-state index in [0.717, 1.165) is 6.07 Å². The molecule has 0 aliphatic heterocycles. The van der Waals surface area contributed by atoms with Gasteiger partial charge in [-0.1, -0.05) is 17.7 Å². The van der Waals surface area contributed by atoms with Crippen LogP contribution >= 0.6 is 11.6 Å². The quantitative estimate of drug-likeness (QED) is 0.879. The Labute approximate surface area is 104 Å². The number of aliphatic hydroxyl groups is 1. The molecule has 0 aliphatic carbocycles. The molecule has 0 spiro atoms. The van der Waals surface area contributed by atoms with E-state index in [9.17, 15) is 12.8 Å². The van der Waals surface area contributed by atoms with Crippen molar-refractivity contribution < 1.29 is 17.9 Å². The summed E-state index contributed by atoms with van der Waals surface area (Å²) in [6, 6.07) is 3.70. The van der Waals surface area contributed by atoms with Gasteiger partial charge in [0.15, 0.2) is 5.82 Å². The first kappa shape index (κ1) is 14.4. The van der Waals surface area contributed by atoms with Crippen LogP contribution in [0.25, 0.3) is 0 Å². The molecular weight excluding hydrogens is 269 g/mol. The molecule has 1 aromatic carbocycles. The smallest absolute Gasteiger partial charge is 0.244 e. The van der Waals surface area contributed by atoms with Crippen LogP contribution in [0.2, 0.25) is 5.02 Å². The van der Waals surface area contributed by atoms with Crippen molar-refractivity contribution >= 4 is 21.6 Å². The number of rotatable bonds is 4. The standard InChI is InChI=1S/C10H13ClFNO3S/c1-10(2,6-14)13-17(15,16)8-5-3-4-7(11)9(8)12/h3-5,13-14H,6H2,1-2H3. The van der Waals surface area contributed by atoms with E-state index in [-0.39, 0.29) is 5.02 Å². The average molecular weight is 282 g/mol. The van der Waals surface area contributed by atoms with Gasteiger partial charge in [-0.05, 0) is 26.0 Å². The lowest BCUT2D eigenvalue weighted by Gasteiger charge is -2.23. The Bertz CT molecular complexity index is 516. The molecule has 1 rings (SSSR count). The van der Waals surface area contributed by atoms with Crippen LogP contribution in [0.3, 0.4) is 0 Å². The van der Waals surface area contributed by atoms with Crippen molar-refractivity contribution in [2.24, 2.45) is 0 Å². The molecule has 7 heteroatoms. The molecule has 96 valence electrons. The highest BCUT2D eigenvalue weighted by molar-refractivity contribution is 7.89. The summed E-state index contributed by atoms with van der Waals surface area (Å²) in [7, 11) is -4.05. The lowest BCUT2D eigenvalue weighted by molar-refractivity contribution is 0.208. The van der Waals surface area contributed by atoms with Gasteiger partial charge in [0.05, 0.1) is 17.2 Å². The van der Waals surface area contributed by atoms with Crippen molar-refractivity contribution in [1.82, 2.24) is 4.72 Å². The molecule has 2 N–H and O–H groups in total. The maximum Gasteiger partial charge on any atom is 0.244 e. The molecule has 0 fully saturated rings. The molecule has 17 heavy (non-hydrogen) atoms. The van der Waals surface area contributed by atoms with Crippen LogP contribution in [-0.4, -0.2) is 25.7 Å². The largest absolute Gasteiger partial charge is 0.394 e. The second kappa shape index (κ2) is 4.89. The zero-order valence-electron chi connectivity index (χ0n) is 9.37. The minimum atomic E-state index is -4.05. The van der Waals surface area contributed by atoms with E-state index in [0.29, 0.717) is 0 Å². The molecule has 0 aliphatic rings. The first-order valence-corrected chi connectivity index (χ1v) is 6.64. The number of hydrogen-bond acceptors (Lipinski definition) is 3. The molecule has 1 aromatic rings. The molecule has 4 nitrogen and oxygen atoms in total. The predicted octanol–water partition coefficient (Wildman–Crippen LogP) is 1.53. The number of halogens is 2. The fourth-order valence-electron chi connectivity index (χ4n) is 1.14. The van der Waals surface area contributed by atoms with E-state index in [4.69, 9.17) is 16.7 Å². The van der Waals surface area contributed by atoms with Crippen LogP contribution in [0.4, 0.5) is 4.39 Å². The van der Waals surface area contributed by atoms with Crippen molar-refractivity contribution in [3.63, 3.8) is 0 Å². The Morgan fingerprint density at radius 3 is 2.59 bits per heavy atom. The number of benzene rings is 1. The summed E-state index contributed by atoms with van der Waals surface area (Å²) in [5, 5.41) is 8.71. The van der Waals surface area contributed by atoms with Gasteiger partial charge in [-0.2, -0.15) is 0 Å². The lowest BCUT2D eigenvalue weighted by atomic mass is 10.1. The molecular formula is C10H13ClFNO3S. The normalized spacial score (nSPS) is 12.8. The number of hydrogen-bond donors (Lipinski definition) is 2. The summed E-state index contributed by atoms with van der Waals surface area (Å²) in [6.07, 6.45) is 0. The van der Waals surface area contributed by atoms with Gasteiger partial charge >= 0.3 is 0 Å². The third-order valence-electron chi connectivity index (χ3n) is 2.01. The molecule has 0 radical (unpaired) electrons. The van der Waals surface area contributed by atoms with Crippen molar-refractivity contribution in [1.29, 1.82) is 0 Å². The molecule has 0 saturated heterocycles. The van der Waals surface area contributed by atoms with Crippen LogP contribution in [-0.2, 0) is 10.0 Å². The third-order valence-corrected chi connectivity index (χ3v) is 4.02. The highest BCUT2D eigenvalue weighted by Gasteiger charge is 2.28. The second-order valence-corrected chi connectivity index (χ2v) is 6.26. The van der Waals surface area contributed by atoms with Crippen LogP contribution in [0.5, 0.6) is 0 Å². The Morgan fingerprint density at radius 2 is 2.06 bits per heavy atom. The van der Waals surface area contributed by atoms with Gasteiger partial charge in [-0.25, -0.2) is 17.5 Å². The summed E-state index contributed by atoms with van der Waals surface area (Å²) in [6.45, 7) is 2.55. The molecule has 0 saturated carbocycles. The number of sulfonamides is 1. The Hall–Kier alpha value is -0.690. The van der Waals surface area contributed by atoms with E-state index in [1.54, 1.807) is 0 Å².